The van der Waals surface area contributed by atoms with Crippen LogP contribution in [0.1, 0.15) is 38.3 Å². The lowest BCUT2D eigenvalue weighted by Crippen LogP contribution is -2.51. The van der Waals surface area contributed by atoms with E-state index in [0.29, 0.717) is 13.0 Å². The standard InChI is InChI=1S/C14H15F3N6O4S.C11H13F2NO.C2H6/c15-14(16,17)27-10-1-3-11(4-2-10)28(25,26)22-7-5-21(6-8-22)13(24)23-9-19-12(18)20-23;1-2-11(12,13)10-5-3-9(4-6-10)7-14-8-15;1-2/h1-4,9H,5-8H2,(H2,18,20);3-6,8H,2,7H2,1H3,(H,14,15);1-2H3. The van der Waals surface area contributed by atoms with Crippen LogP contribution in [0, 0.1) is 0 Å². The summed E-state index contributed by atoms with van der Waals surface area (Å²) in [5.41, 5.74) is 6.18. The number of rotatable bonds is 8. The average Bonchev–Trinajstić information content (AvgIpc) is 3.47. The number of hydrogen-bond donors (Lipinski definition) is 2. The van der Waals surface area contributed by atoms with Crippen LogP contribution in [-0.4, -0.2) is 77.4 Å². The highest BCUT2D eigenvalue weighted by Crippen LogP contribution is 2.31. The Labute approximate surface area is 257 Å². The zero-order valence-electron chi connectivity index (χ0n) is 24.7. The number of nitrogen functional groups attached to an aromatic ring is 1. The molecule has 0 unspecified atom stereocenters. The maximum Gasteiger partial charge on any atom is 0.573 e. The topological polar surface area (TPSA) is 153 Å². The summed E-state index contributed by atoms with van der Waals surface area (Å²) in [5.74, 6) is -3.35. The number of halogens is 5. The average molecular weight is 664 g/mol. The molecule has 3 N–H and O–H groups in total. The monoisotopic (exact) mass is 663 g/mol. The highest BCUT2D eigenvalue weighted by molar-refractivity contribution is 7.89. The van der Waals surface area contributed by atoms with Gasteiger partial charge in [-0.15, -0.1) is 18.3 Å². The minimum atomic E-state index is -4.86. The van der Waals surface area contributed by atoms with Crippen molar-refractivity contribution in [2.24, 2.45) is 0 Å². The maximum absolute atomic E-state index is 13.2. The Kier molecular flexibility index (Phi) is 13.2. The van der Waals surface area contributed by atoms with Crippen LogP contribution in [0.15, 0.2) is 59.8 Å². The number of nitrogens with two attached hydrogens (primary N) is 1. The summed E-state index contributed by atoms with van der Waals surface area (Å²) in [7, 11) is -3.93. The minimum absolute atomic E-state index is 0.0130. The smallest absolute Gasteiger partial charge is 0.406 e. The van der Waals surface area contributed by atoms with Gasteiger partial charge in [0.05, 0.1) is 4.90 Å². The van der Waals surface area contributed by atoms with Gasteiger partial charge in [0.15, 0.2) is 0 Å². The number of sulfonamides is 1. The van der Waals surface area contributed by atoms with Crippen molar-refractivity contribution in [3.8, 4) is 5.75 Å². The number of anilines is 1. The van der Waals surface area contributed by atoms with Gasteiger partial charge in [-0.2, -0.15) is 8.99 Å². The quantitative estimate of drug-likeness (QED) is 0.269. The van der Waals surface area contributed by atoms with Gasteiger partial charge >= 0.3 is 12.4 Å². The molecule has 18 heteroatoms. The van der Waals surface area contributed by atoms with Crippen molar-refractivity contribution in [3.05, 3.63) is 66.0 Å². The van der Waals surface area contributed by atoms with Crippen molar-refractivity contribution in [1.82, 2.24) is 29.3 Å². The number of alkyl halides is 5. The third-order valence-electron chi connectivity index (χ3n) is 6.12. The first-order valence-corrected chi connectivity index (χ1v) is 15.1. The van der Waals surface area contributed by atoms with Gasteiger partial charge in [0.25, 0.3) is 5.92 Å². The van der Waals surface area contributed by atoms with Crippen molar-refractivity contribution >= 4 is 28.4 Å². The number of carbonyl (C=O) groups is 2. The Hall–Kier alpha value is -4.32. The fourth-order valence-corrected chi connectivity index (χ4v) is 5.25. The van der Waals surface area contributed by atoms with E-state index in [2.05, 4.69) is 20.1 Å². The Balaban J connectivity index is 0.000000351. The molecular weight excluding hydrogens is 629 g/mol. The highest BCUT2D eigenvalue weighted by Gasteiger charge is 2.33. The fourth-order valence-electron chi connectivity index (χ4n) is 3.83. The Bertz CT molecular complexity index is 1480. The summed E-state index contributed by atoms with van der Waals surface area (Å²) in [4.78, 5) is 27.1. The molecule has 0 aliphatic carbocycles. The molecule has 1 saturated heterocycles. The van der Waals surface area contributed by atoms with Crippen LogP contribution in [0.5, 0.6) is 5.75 Å². The van der Waals surface area contributed by atoms with Gasteiger partial charge in [0.1, 0.15) is 12.1 Å². The summed E-state index contributed by atoms with van der Waals surface area (Å²) in [6.07, 6.45) is -3.34. The van der Waals surface area contributed by atoms with Crippen LogP contribution in [-0.2, 0) is 27.3 Å². The number of nitrogens with zero attached hydrogens (tertiary/aromatic N) is 5. The SMILES string of the molecule is CC.CCC(F)(F)c1ccc(CNC=O)cc1.Nc1ncn(C(=O)N2CCN(S(=O)(=O)c3ccc(OC(F)(F)F)cc3)CC2)n1. The lowest BCUT2D eigenvalue weighted by Gasteiger charge is -2.33. The molecule has 1 aliphatic rings. The lowest BCUT2D eigenvalue weighted by molar-refractivity contribution is -0.274. The second-order valence-corrected chi connectivity index (χ2v) is 10.9. The van der Waals surface area contributed by atoms with Crippen molar-refractivity contribution in [1.29, 1.82) is 0 Å². The normalized spacial score (nSPS) is 13.9. The third-order valence-corrected chi connectivity index (χ3v) is 8.03. The summed E-state index contributed by atoms with van der Waals surface area (Å²) in [6, 6.07) is 9.40. The maximum atomic E-state index is 13.2. The molecule has 0 spiro atoms. The van der Waals surface area contributed by atoms with E-state index in [1.165, 1.54) is 24.0 Å². The van der Waals surface area contributed by atoms with Gasteiger partial charge in [0.2, 0.25) is 22.4 Å². The van der Waals surface area contributed by atoms with Crippen molar-refractivity contribution in [3.63, 3.8) is 0 Å². The molecule has 0 radical (unpaired) electrons. The molecule has 0 atom stereocenters. The molecule has 12 nitrogen and oxygen atoms in total. The Morgan fingerprint density at radius 2 is 1.58 bits per heavy atom. The van der Waals surface area contributed by atoms with Crippen LogP contribution in [0.2, 0.25) is 0 Å². The van der Waals surface area contributed by atoms with Crippen LogP contribution in [0.4, 0.5) is 32.7 Å². The number of nitrogens with one attached hydrogen (secondary N) is 1. The molecule has 2 heterocycles. The van der Waals surface area contributed by atoms with Crippen molar-refractivity contribution < 1.29 is 44.7 Å². The molecule has 1 aromatic heterocycles. The third kappa shape index (κ3) is 10.7. The summed E-state index contributed by atoms with van der Waals surface area (Å²) >= 11 is 0. The van der Waals surface area contributed by atoms with Crippen LogP contribution < -0.4 is 15.8 Å². The first-order chi connectivity index (χ1) is 21.2. The van der Waals surface area contributed by atoms with Crippen LogP contribution in [0.3, 0.4) is 0 Å². The zero-order valence-corrected chi connectivity index (χ0v) is 25.5. The number of carbonyl (C=O) groups excluding carboxylic acids is 2. The van der Waals surface area contributed by atoms with E-state index in [-0.39, 0.29) is 49.0 Å². The van der Waals surface area contributed by atoms with Gasteiger partial charge in [-0.1, -0.05) is 45.0 Å². The first-order valence-electron chi connectivity index (χ1n) is 13.6. The molecule has 3 aromatic rings. The molecule has 0 bridgehead atoms. The van der Waals surface area contributed by atoms with Gasteiger partial charge in [-0.05, 0) is 29.8 Å². The van der Waals surface area contributed by atoms with Crippen LogP contribution in [0.25, 0.3) is 0 Å². The second kappa shape index (κ2) is 16.1. The van der Waals surface area contributed by atoms with E-state index >= 15 is 0 Å². The Morgan fingerprint density at radius 3 is 2.04 bits per heavy atom. The van der Waals surface area contributed by atoms with Gasteiger partial charge < -0.3 is 20.7 Å². The molecule has 0 saturated carbocycles. The van der Waals surface area contributed by atoms with E-state index in [4.69, 9.17) is 5.73 Å². The largest absolute Gasteiger partial charge is 0.573 e. The number of aromatic nitrogens is 3. The second-order valence-electron chi connectivity index (χ2n) is 8.99. The van der Waals surface area contributed by atoms with Gasteiger partial charge in [-0.25, -0.2) is 27.0 Å². The fraction of sp³-hybridized carbons (Fsp3) is 0.407. The number of benzene rings is 2. The van der Waals surface area contributed by atoms with Crippen molar-refractivity contribution in [2.45, 2.75) is 50.9 Å². The molecule has 4 rings (SSSR count). The van der Waals surface area contributed by atoms with E-state index in [1.54, 1.807) is 12.1 Å². The predicted molar refractivity (Wildman–Crippen MR) is 154 cm³/mol. The molecular formula is C27H34F5N7O5S. The van der Waals surface area contributed by atoms with E-state index in [1.807, 2.05) is 13.8 Å². The number of piperazine rings is 1. The predicted octanol–water partition coefficient (Wildman–Crippen LogP) is 4.19. The van der Waals surface area contributed by atoms with E-state index in [0.717, 1.165) is 45.1 Å². The summed E-state index contributed by atoms with van der Waals surface area (Å²) in [6.45, 7) is 6.04. The van der Waals surface area contributed by atoms with Gasteiger partial charge in [0, 0.05) is 44.7 Å². The summed E-state index contributed by atoms with van der Waals surface area (Å²) < 4.78 is 94.1. The molecule has 2 aromatic carbocycles. The van der Waals surface area contributed by atoms with E-state index in [9.17, 15) is 40.0 Å². The lowest BCUT2D eigenvalue weighted by atomic mass is 10.0. The van der Waals surface area contributed by atoms with Crippen LogP contribution >= 0.6 is 0 Å². The first kappa shape index (κ1) is 36.9. The highest BCUT2D eigenvalue weighted by atomic mass is 32.2. The molecule has 2 amide bonds. The van der Waals surface area contributed by atoms with Gasteiger partial charge in [-0.3, -0.25) is 4.79 Å². The molecule has 248 valence electrons. The molecule has 1 aliphatic heterocycles. The summed E-state index contributed by atoms with van der Waals surface area (Å²) in [5, 5.41) is 6.17. The van der Waals surface area contributed by atoms with Crippen molar-refractivity contribution in [2.75, 3.05) is 31.9 Å². The molecule has 45 heavy (non-hydrogen) atoms. The number of ether oxygens (including phenoxy) is 1. The number of amides is 2. The molecule has 1 fully saturated rings. The minimum Gasteiger partial charge on any atom is -0.406 e. The zero-order chi connectivity index (χ0) is 33.8. The Morgan fingerprint density at radius 1 is 1.00 bits per heavy atom. The van der Waals surface area contributed by atoms with E-state index < -0.39 is 34.1 Å². The number of hydrogen-bond acceptors (Lipinski definition) is 8.